The van der Waals surface area contributed by atoms with Crippen LogP contribution >= 0.6 is 0 Å². The quantitative estimate of drug-likeness (QED) is 0.835. The lowest BCUT2D eigenvalue weighted by molar-refractivity contribution is -0.132. The van der Waals surface area contributed by atoms with Gasteiger partial charge in [-0.25, -0.2) is 12.8 Å². The molecular weight excluding hydrogens is 371 g/mol. The van der Waals surface area contributed by atoms with E-state index in [1.165, 1.54) is 10.4 Å². The maximum Gasteiger partial charge on any atom is 0.246 e. The number of carbonyl (C=O) groups excluding carboxylic acids is 1. The minimum Gasteiger partial charge on any atom is -0.340 e. The van der Waals surface area contributed by atoms with Crippen LogP contribution in [0.5, 0.6) is 0 Å². The van der Waals surface area contributed by atoms with Crippen LogP contribution in [0.25, 0.3) is 0 Å². The molecule has 0 saturated carbocycles. The second-order valence-electron chi connectivity index (χ2n) is 6.64. The highest BCUT2D eigenvalue weighted by molar-refractivity contribution is 7.89. The summed E-state index contributed by atoms with van der Waals surface area (Å²) < 4.78 is 40.7. The largest absolute Gasteiger partial charge is 0.340 e. The molecule has 3 rings (SSSR count). The average molecular weight is 394 g/mol. The van der Waals surface area contributed by atoms with E-state index in [2.05, 4.69) is 10.2 Å². The topological polar surface area (TPSA) is 86.4 Å². The molecule has 0 radical (unpaired) electrons. The summed E-state index contributed by atoms with van der Waals surface area (Å²) in [5.41, 5.74) is 1.46. The summed E-state index contributed by atoms with van der Waals surface area (Å²) in [6, 6.07) is 6.40. The van der Waals surface area contributed by atoms with Crippen molar-refractivity contribution in [3.8, 4) is 0 Å². The number of hydrogen-bond acceptors (Lipinski definition) is 4. The molecule has 9 heteroatoms. The molecule has 0 unspecified atom stereocenters. The molecule has 0 aliphatic carbocycles. The number of halogens is 1. The molecule has 7 nitrogen and oxygen atoms in total. The molecular formula is C18H23FN4O3S. The second-order valence-corrected chi connectivity index (χ2v) is 8.51. The molecule has 0 spiro atoms. The summed E-state index contributed by atoms with van der Waals surface area (Å²) in [4.78, 5) is 14.2. The first-order valence-electron chi connectivity index (χ1n) is 8.83. The maximum atomic E-state index is 13.7. The summed E-state index contributed by atoms with van der Waals surface area (Å²) in [6.45, 7) is 4.44. The summed E-state index contributed by atoms with van der Waals surface area (Å²) in [5.74, 6) is -0.405. The fourth-order valence-corrected chi connectivity index (χ4v) is 5.08. The highest BCUT2D eigenvalue weighted by Crippen LogP contribution is 2.23. The van der Waals surface area contributed by atoms with Crippen LogP contribution in [-0.2, 0) is 21.2 Å². The number of piperazine rings is 1. The Labute approximate surface area is 158 Å². The van der Waals surface area contributed by atoms with Gasteiger partial charge in [-0.1, -0.05) is 18.2 Å². The van der Waals surface area contributed by atoms with Crippen LogP contribution in [0.15, 0.2) is 29.2 Å². The lowest BCUT2D eigenvalue weighted by Crippen LogP contribution is -2.50. The predicted octanol–water partition coefficient (Wildman–Crippen LogP) is 1.63. The Balaban J connectivity index is 1.58. The van der Waals surface area contributed by atoms with Gasteiger partial charge in [0.1, 0.15) is 10.7 Å². The molecule has 0 atom stereocenters. The van der Waals surface area contributed by atoms with Crippen molar-refractivity contribution in [3.05, 3.63) is 47.0 Å². The van der Waals surface area contributed by atoms with Crippen molar-refractivity contribution >= 4 is 15.9 Å². The van der Waals surface area contributed by atoms with Crippen molar-refractivity contribution in [2.24, 2.45) is 0 Å². The number of rotatable bonds is 5. The minimum absolute atomic E-state index is 0.0917. The fraction of sp³-hybridized carbons (Fsp3) is 0.444. The van der Waals surface area contributed by atoms with Gasteiger partial charge in [0.2, 0.25) is 15.9 Å². The molecule has 1 N–H and O–H groups in total. The number of nitrogens with zero attached hydrogens (tertiary/aromatic N) is 3. The van der Waals surface area contributed by atoms with E-state index in [9.17, 15) is 17.6 Å². The standard InChI is InChI=1S/C18H23FN4O3S/c1-13-18(14(2)21-20-13)27(25,26)23-11-9-22(10-12-23)17(24)8-7-15-5-3-4-6-16(15)19/h3-6H,7-12H2,1-2H3,(H,20,21). The Morgan fingerprint density at radius 1 is 1.19 bits per heavy atom. The number of aromatic nitrogens is 2. The van der Waals surface area contributed by atoms with Gasteiger partial charge in [0.15, 0.2) is 0 Å². The molecule has 27 heavy (non-hydrogen) atoms. The molecule has 1 saturated heterocycles. The number of hydrogen-bond donors (Lipinski definition) is 1. The number of aromatic amines is 1. The van der Waals surface area contributed by atoms with E-state index in [4.69, 9.17) is 0 Å². The van der Waals surface area contributed by atoms with Crippen LogP contribution in [0.2, 0.25) is 0 Å². The number of aryl methyl sites for hydroxylation is 3. The zero-order valence-electron chi connectivity index (χ0n) is 15.4. The van der Waals surface area contributed by atoms with Gasteiger partial charge in [-0.05, 0) is 31.9 Å². The van der Waals surface area contributed by atoms with Gasteiger partial charge >= 0.3 is 0 Å². The van der Waals surface area contributed by atoms with Crippen molar-refractivity contribution in [3.63, 3.8) is 0 Å². The maximum absolute atomic E-state index is 13.7. The average Bonchev–Trinajstić information content (AvgIpc) is 3.00. The molecule has 1 aliphatic heterocycles. The Bertz CT molecular complexity index is 914. The summed E-state index contributed by atoms with van der Waals surface area (Å²) in [5, 5.41) is 6.65. The van der Waals surface area contributed by atoms with E-state index >= 15 is 0 Å². The van der Waals surface area contributed by atoms with Crippen molar-refractivity contribution in [1.82, 2.24) is 19.4 Å². The smallest absolute Gasteiger partial charge is 0.246 e. The van der Waals surface area contributed by atoms with Crippen molar-refractivity contribution in [2.75, 3.05) is 26.2 Å². The van der Waals surface area contributed by atoms with E-state index in [0.29, 0.717) is 36.5 Å². The zero-order valence-corrected chi connectivity index (χ0v) is 16.2. The number of benzene rings is 1. The number of nitrogens with one attached hydrogen (secondary N) is 1. The van der Waals surface area contributed by atoms with Crippen LogP contribution in [0.1, 0.15) is 23.4 Å². The van der Waals surface area contributed by atoms with Crippen molar-refractivity contribution in [2.45, 2.75) is 31.6 Å². The number of carbonyl (C=O) groups is 1. The molecule has 146 valence electrons. The van der Waals surface area contributed by atoms with Gasteiger partial charge in [0.25, 0.3) is 0 Å². The predicted molar refractivity (Wildman–Crippen MR) is 98.1 cm³/mol. The van der Waals surface area contributed by atoms with Crippen LogP contribution in [0, 0.1) is 19.7 Å². The third kappa shape index (κ3) is 4.03. The van der Waals surface area contributed by atoms with Gasteiger partial charge < -0.3 is 4.90 Å². The first-order valence-corrected chi connectivity index (χ1v) is 10.3. The second kappa shape index (κ2) is 7.77. The van der Waals surface area contributed by atoms with Crippen LogP contribution < -0.4 is 0 Å². The molecule has 1 fully saturated rings. The van der Waals surface area contributed by atoms with E-state index in [-0.39, 0.29) is 36.1 Å². The number of sulfonamides is 1. The first kappa shape index (κ1) is 19.5. The highest BCUT2D eigenvalue weighted by atomic mass is 32.2. The van der Waals surface area contributed by atoms with E-state index in [1.807, 2.05) is 0 Å². The van der Waals surface area contributed by atoms with Gasteiger partial charge in [-0.2, -0.15) is 9.40 Å². The number of amides is 1. The SMILES string of the molecule is Cc1n[nH]c(C)c1S(=O)(=O)N1CCN(C(=O)CCc2ccccc2F)CC1. The van der Waals surface area contributed by atoms with Crippen LogP contribution in [0.4, 0.5) is 4.39 Å². The monoisotopic (exact) mass is 394 g/mol. The normalized spacial score (nSPS) is 15.9. The molecule has 1 aromatic carbocycles. The summed E-state index contributed by atoms with van der Waals surface area (Å²) >= 11 is 0. The van der Waals surface area contributed by atoms with Gasteiger partial charge in [0, 0.05) is 32.6 Å². The molecule has 2 heterocycles. The Morgan fingerprint density at radius 2 is 1.85 bits per heavy atom. The third-order valence-electron chi connectivity index (χ3n) is 4.82. The number of H-pyrrole nitrogens is 1. The van der Waals surface area contributed by atoms with Gasteiger partial charge in [0.05, 0.1) is 11.4 Å². The lowest BCUT2D eigenvalue weighted by atomic mass is 10.1. The summed E-state index contributed by atoms with van der Waals surface area (Å²) in [7, 11) is -3.64. The molecule has 2 aromatic rings. The first-order chi connectivity index (χ1) is 12.8. The highest BCUT2D eigenvalue weighted by Gasteiger charge is 2.33. The van der Waals surface area contributed by atoms with Crippen LogP contribution in [0.3, 0.4) is 0 Å². The fourth-order valence-electron chi connectivity index (χ4n) is 3.33. The van der Waals surface area contributed by atoms with E-state index in [0.717, 1.165) is 0 Å². The molecule has 1 aromatic heterocycles. The van der Waals surface area contributed by atoms with E-state index in [1.54, 1.807) is 36.9 Å². The van der Waals surface area contributed by atoms with Gasteiger partial charge in [-0.15, -0.1) is 0 Å². The van der Waals surface area contributed by atoms with Crippen LogP contribution in [-0.4, -0.2) is 59.9 Å². The zero-order chi connectivity index (χ0) is 19.6. The third-order valence-corrected chi connectivity index (χ3v) is 6.98. The Kier molecular flexibility index (Phi) is 5.61. The summed E-state index contributed by atoms with van der Waals surface area (Å²) in [6.07, 6.45) is 0.533. The van der Waals surface area contributed by atoms with Crippen molar-refractivity contribution < 1.29 is 17.6 Å². The molecule has 1 aliphatic rings. The lowest BCUT2D eigenvalue weighted by Gasteiger charge is -2.34. The Morgan fingerprint density at radius 3 is 2.44 bits per heavy atom. The Hall–Kier alpha value is -2.26. The van der Waals surface area contributed by atoms with Gasteiger partial charge in [-0.3, -0.25) is 9.89 Å². The minimum atomic E-state index is -3.64. The molecule has 1 amide bonds. The molecule has 0 bridgehead atoms. The van der Waals surface area contributed by atoms with Crippen molar-refractivity contribution in [1.29, 1.82) is 0 Å². The van der Waals surface area contributed by atoms with E-state index < -0.39 is 10.0 Å².